The lowest BCUT2D eigenvalue weighted by Gasteiger charge is -2.42. The van der Waals surface area contributed by atoms with Crippen LogP contribution in [0.1, 0.15) is 24.1 Å². The number of nitrogens with zero attached hydrogens (tertiary/aromatic N) is 5. The van der Waals surface area contributed by atoms with E-state index in [-0.39, 0.29) is 5.60 Å². The Kier molecular flexibility index (Phi) is 4.69. The number of anilines is 1. The van der Waals surface area contributed by atoms with Gasteiger partial charge in [0.2, 0.25) is 0 Å². The number of aryl methyl sites for hydroxylation is 2. The van der Waals surface area contributed by atoms with Crippen molar-refractivity contribution in [2.45, 2.75) is 32.3 Å². The van der Waals surface area contributed by atoms with Crippen LogP contribution in [-0.4, -0.2) is 66.3 Å². The number of ether oxygens (including phenoxy) is 1. The maximum absolute atomic E-state index is 5.89. The van der Waals surface area contributed by atoms with E-state index < -0.39 is 0 Å². The van der Waals surface area contributed by atoms with E-state index >= 15 is 0 Å². The highest BCUT2D eigenvalue weighted by Crippen LogP contribution is 2.32. The Balaban J connectivity index is 1.88. The van der Waals surface area contributed by atoms with Gasteiger partial charge in [-0.2, -0.15) is 0 Å². The van der Waals surface area contributed by atoms with Gasteiger partial charge in [0.15, 0.2) is 5.65 Å². The molecule has 0 unspecified atom stereocenters. The molecule has 0 saturated carbocycles. The SMILES string of the molecule is COC1(CN(C)C)CCN(c2ncnc3nc(C)cc(C)c23)CC1. The molecule has 6 nitrogen and oxygen atoms in total. The Morgan fingerprint density at radius 3 is 2.54 bits per heavy atom. The number of hydrogen-bond donors (Lipinski definition) is 0. The summed E-state index contributed by atoms with van der Waals surface area (Å²) in [7, 11) is 6.03. The standard InChI is InChI=1S/C18H27N5O/c1-13-10-14(2)21-16-15(13)17(20-12-19-16)23-8-6-18(24-5,7-9-23)11-22(3)4/h10,12H,6-9,11H2,1-5H3. The first-order valence-corrected chi connectivity index (χ1v) is 8.48. The maximum atomic E-state index is 5.89. The lowest BCUT2D eigenvalue weighted by molar-refractivity contribution is -0.0455. The molecule has 3 rings (SSSR count). The zero-order valence-electron chi connectivity index (χ0n) is 15.3. The maximum Gasteiger partial charge on any atom is 0.165 e. The minimum Gasteiger partial charge on any atom is -0.377 e. The minimum absolute atomic E-state index is 0.0628. The van der Waals surface area contributed by atoms with Crippen molar-refractivity contribution >= 4 is 16.9 Å². The molecule has 0 radical (unpaired) electrons. The lowest BCUT2D eigenvalue weighted by Crippen LogP contribution is -2.51. The summed E-state index contributed by atoms with van der Waals surface area (Å²) in [6.45, 7) is 6.92. The van der Waals surface area contributed by atoms with E-state index in [0.29, 0.717) is 0 Å². The third kappa shape index (κ3) is 3.21. The molecule has 3 heterocycles. The molecule has 0 amide bonds. The summed E-state index contributed by atoms with van der Waals surface area (Å²) < 4.78 is 5.89. The molecular formula is C18H27N5O. The molecule has 0 aromatic carbocycles. The minimum atomic E-state index is -0.0628. The van der Waals surface area contributed by atoms with Gasteiger partial charge in [0.1, 0.15) is 12.1 Å². The highest BCUT2D eigenvalue weighted by Gasteiger charge is 2.36. The average Bonchev–Trinajstić information content (AvgIpc) is 2.54. The number of methoxy groups -OCH3 is 1. The number of piperidine rings is 1. The second kappa shape index (κ2) is 6.61. The van der Waals surface area contributed by atoms with Gasteiger partial charge in [0.05, 0.1) is 11.0 Å². The molecular weight excluding hydrogens is 302 g/mol. The van der Waals surface area contributed by atoms with Crippen LogP contribution in [-0.2, 0) is 4.74 Å². The summed E-state index contributed by atoms with van der Waals surface area (Å²) >= 11 is 0. The van der Waals surface area contributed by atoms with Crippen molar-refractivity contribution in [3.8, 4) is 0 Å². The molecule has 0 spiro atoms. The quantitative estimate of drug-likeness (QED) is 0.857. The van der Waals surface area contributed by atoms with Crippen molar-refractivity contribution < 1.29 is 4.74 Å². The van der Waals surface area contributed by atoms with E-state index in [1.54, 1.807) is 6.33 Å². The Hall–Kier alpha value is -1.79. The fraction of sp³-hybridized carbons (Fsp3) is 0.611. The van der Waals surface area contributed by atoms with Crippen LogP contribution < -0.4 is 4.90 Å². The van der Waals surface area contributed by atoms with Gasteiger partial charge in [-0.25, -0.2) is 15.0 Å². The molecule has 1 aliphatic rings. The second-order valence-electron chi connectivity index (χ2n) is 7.09. The largest absolute Gasteiger partial charge is 0.377 e. The first kappa shape index (κ1) is 17.0. The van der Waals surface area contributed by atoms with Gasteiger partial charge in [0.25, 0.3) is 0 Å². The van der Waals surface area contributed by atoms with Crippen LogP contribution in [0.25, 0.3) is 11.0 Å². The highest BCUT2D eigenvalue weighted by molar-refractivity contribution is 5.90. The number of fused-ring (bicyclic) bond motifs is 1. The molecule has 6 heteroatoms. The lowest BCUT2D eigenvalue weighted by atomic mass is 9.90. The van der Waals surface area contributed by atoms with Crippen LogP contribution in [0.5, 0.6) is 0 Å². The molecule has 1 fully saturated rings. The molecule has 1 aliphatic heterocycles. The number of rotatable bonds is 4. The fourth-order valence-corrected chi connectivity index (χ4v) is 3.76. The predicted octanol–water partition coefficient (Wildman–Crippen LogP) is 2.19. The molecule has 2 aromatic heterocycles. The van der Waals surface area contributed by atoms with E-state index in [9.17, 15) is 0 Å². The Labute approximate surface area is 143 Å². The van der Waals surface area contributed by atoms with Crippen molar-refractivity contribution in [1.82, 2.24) is 19.9 Å². The van der Waals surface area contributed by atoms with Crippen LogP contribution >= 0.6 is 0 Å². The predicted molar refractivity (Wildman–Crippen MR) is 96.5 cm³/mol. The molecule has 0 bridgehead atoms. The van der Waals surface area contributed by atoms with Gasteiger partial charge >= 0.3 is 0 Å². The molecule has 0 atom stereocenters. The van der Waals surface area contributed by atoms with Gasteiger partial charge in [-0.15, -0.1) is 0 Å². The van der Waals surface area contributed by atoms with Crippen molar-refractivity contribution in [3.05, 3.63) is 23.7 Å². The van der Waals surface area contributed by atoms with E-state index in [2.05, 4.69) is 51.8 Å². The van der Waals surface area contributed by atoms with Crippen LogP contribution in [0.3, 0.4) is 0 Å². The Bertz CT molecular complexity index is 723. The summed E-state index contributed by atoms with van der Waals surface area (Å²) in [5.41, 5.74) is 2.90. The van der Waals surface area contributed by atoms with Gasteiger partial charge in [-0.3, -0.25) is 0 Å². The molecule has 1 saturated heterocycles. The summed E-state index contributed by atoms with van der Waals surface area (Å²) in [5.74, 6) is 1.000. The third-order valence-electron chi connectivity index (χ3n) is 4.92. The van der Waals surface area contributed by atoms with Crippen LogP contribution in [0, 0.1) is 13.8 Å². The summed E-state index contributed by atoms with van der Waals surface area (Å²) in [5, 5.41) is 1.07. The molecule has 130 valence electrons. The molecule has 2 aromatic rings. The first-order valence-electron chi connectivity index (χ1n) is 8.48. The van der Waals surface area contributed by atoms with Crippen molar-refractivity contribution in [2.24, 2.45) is 0 Å². The zero-order chi connectivity index (χ0) is 17.3. The van der Waals surface area contributed by atoms with E-state index in [4.69, 9.17) is 4.74 Å². The van der Waals surface area contributed by atoms with Crippen LogP contribution in [0.2, 0.25) is 0 Å². The number of likely N-dealkylation sites (N-methyl/N-ethyl adjacent to an activating group) is 1. The fourth-order valence-electron chi connectivity index (χ4n) is 3.76. The van der Waals surface area contributed by atoms with Gasteiger partial charge in [-0.1, -0.05) is 0 Å². The van der Waals surface area contributed by atoms with Crippen molar-refractivity contribution in [1.29, 1.82) is 0 Å². The number of pyridine rings is 1. The number of hydrogen-bond acceptors (Lipinski definition) is 6. The number of aromatic nitrogens is 3. The first-order chi connectivity index (χ1) is 11.4. The van der Waals surface area contributed by atoms with Gasteiger partial charge in [0, 0.05) is 32.4 Å². The molecule has 24 heavy (non-hydrogen) atoms. The van der Waals surface area contributed by atoms with E-state index in [1.807, 2.05) is 14.0 Å². The zero-order valence-corrected chi connectivity index (χ0v) is 15.3. The van der Waals surface area contributed by atoms with Crippen molar-refractivity contribution in [3.63, 3.8) is 0 Å². The Morgan fingerprint density at radius 2 is 1.92 bits per heavy atom. The summed E-state index contributed by atoms with van der Waals surface area (Å²) in [4.78, 5) is 18.1. The second-order valence-corrected chi connectivity index (χ2v) is 7.09. The normalized spacial score (nSPS) is 17.7. The van der Waals surface area contributed by atoms with E-state index in [1.165, 1.54) is 5.56 Å². The smallest absolute Gasteiger partial charge is 0.165 e. The van der Waals surface area contributed by atoms with Crippen LogP contribution in [0.4, 0.5) is 5.82 Å². The monoisotopic (exact) mass is 329 g/mol. The summed E-state index contributed by atoms with van der Waals surface area (Å²) in [6, 6.07) is 2.10. The van der Waals surface area contributed by atoms with Gasteiger partial charge in [-0.05, 0) is 52.4 Å². The van der Waals surface area contributed by atoms with Crippen molar-refractivity contribution in [2.75, 3.05) is 45.7 Å². The third-order valence-corrected chi connectivity index (χ3v) is 4.92. The highest BCUT2D eigenvalue weighted by atomic mass is 16.5. The van der Waals surface area contributed by atoms with Gasteiger partial charge < -0.3 is 14.5 Å². The topological polar surface area (TPSA) is 54.4 Å². The van der Waals surface area contributed by atoms with Crippen LogP contribution in [0.15, 0.2) is 12.4 Å². The average molecular weight is 329 g/mol. The molecule has 0 aliphatic carbocycles. The van der Waals surface area contributed by atoms with E-state index in [0.717, 1.165) is 55.0 Å². The Morgan fingerprint density at radius 1 is 1.21 bits per heavy atom. The summed E-state index contributed by atoms with van der Waals surface area (Å²) in [6.07, 6.45) is 3.61. The molecule has 0 N–H and O–H groups in total.